The zero-order valence-corrected chi connectivity index (χ0v) is 22.9. The van der Waals surface area contributed by atoms with Gasteiger partial charge in [0, 0.05) is 29.7 Å². The van der Waals surface area contributed by atoms with Crippen LogP contribution in [0.1, 0.15) is 11.5 Å². The lowest BCUT2D eigenvalue weighted by atomic mass is 10.0. The van der Waals surface area contributed by atoms with Gasteiger partial charge in [-0.3, -0.25) is 19.3 Å². The van der Waals surface area contributed by atoms with Crippen molar-refractivity contribution in [2.45, 2.75) is 24.4 Å². The summed E-state index contributed by atoms with van der Waals surface area (Å²) in [6, 6.07) is 4.13. The SMILES string of the molecule is CO/N=C(\C(=O)NC1C(=O)N2C(C(=O)[O-])=C(Cc3cc(-c4ccc[n+](CC(N)=O)c4)no3)CSC12)c1csc(N)n1. The predicted octanol–water partition coefficient (Wildman–Crippen LogP) is -1.85. The van der Waals surface area contributed by atoms with E-state index in [1.54, 1.807) is 35.2 Å². The first-order valence-corrected chi connectivity index (χ1v) is 13.8. The zero-order valence-electron chi connectivity index (χ0n) is 21.3. The Morgan fingerprint density at radius 1 is 1.39 bits per heavy atom. The van der Waals surface area contributed by atoms with E-state index in [0.29, 0.717) is 22.6 Å². The Hall–Kier alpha value is -4.77. The number of carbonyl (C=O) groups is 4. The highest BCUT2D eigenvalue weighted by Gasteiger charge is 2.53. The maximum absolute atomic E-state index is 13.1. The molecule has 1 fully saturated rings. The number of hydrogen-bond acceptors (Lipinski definition) is 13. The fourth-order valence-corrected chi connectivity index (χ4v) is 6.30. The Morgan fingerprint density at radius 3 is 2.88 bits per heavy atom. The monoisotopic (exact) mass is 598 g/mol. The van der Waals surface area contributed by atoms with Gasteiger partial charge in [-0.1, -0.05) is 10.3 Å². The van der Waals surface area contributed by atoms with Crippen molar-refractivity contribution in [3.05, 3.63) is 58.7 Å². The van der Waals surface area contributed by atoms with Gasteiger partial charge in [0.25, 0.3) is 17.7 Å². The molecule has 0 aromatic carbocycles. The Morgan fingerprint density at radius 2 is 2.20 bits per heavy atom. The summed E-state index contributed by atoms with van der Waals surface area (Å²) in [5.41, 5.74) is 12.1. The number of fused-ring (bicyclic) bond motifs is 1. The molecule has 0 radical (unpaired) electrons. The molecule has 5 rings (SSSR count). The molecule has 1 saturated heterocycles. The van der Waals surface area contributed by atoms with Crippen LogP contribution in [-0.4, -0.2) is 68.7 Å². The van der Waals surface area contributed by atoms with Crippen molar-refractivity contribution in [2.24, 2.45) is 10.9 Å². The molecule has 0 saturated carbocycles. The number of aliphatic carboxylic acids is 1. The fourth-order valence-electron chi connectivity index (χ4n) is 4.40. The van der Waals surface area contributed by atoms with Gasteiger partial charge in [-0.05, 0) is 11.6 Å². The van der Waals surface area contributed by atoms with Crippen LogP contribution in [0.4, 0.5) is 5.13 Å². The van der Waals surface area contributed by atoms with E-state index in [2.05, 4.69) is 20.6 Å². The van der Waals surface area contributed by atoms with Crippen LogP contribution in [0.15, 0.2) is 56.9 Å². The van der Waals surface area contributed by atoms with Crippen molar-refractivity contribution in [2.75, 3.05) is 18.6 Å². The molecule has 5 heterocycles. The zero-order chi connectivity index (χ0) is 29.3. The number of carboxylic acids is 1. The summed E-state index contributed by atoms with van der Waals surface area (Å²) in [6.45, 7) is -0.00982. The third-order valence-corrected chi connectivity index (χ3v) is 8.14. The van der Waals surface area contributed by atoms with E-state index in [1.165, 1.54) is 24.3 Å². The molecule has 3 aromatic rings. The molecule has 15 nitrogen and oxygen atoms in total. The Kier molecular flexibility index (Phi) is 7.71. The van der Waals surface area contributed by atoms with Crippen LogP contribution < -0.4 is 26.5 Å². The molecule has 2 unspecified atom stereocenters. The lowest BCUT2D eigenvalue weighted by molar-refractivity contribution is -0.683. The summed E-state index contributed by atoms with van der Waals surface area (Å²) in [4.78, 5) is 59.2. The lowest BCUT2D eigenvalue weighted by Gasteiger charge is -2.50. The number of anilines is 1. The summed E-state index contributed by atoms with van der Waals surface area (Å²) in [7, 11) is 1.26. The average molecular weight is 599 g/mol. The van der Waals surface area contributed by atoms with E-state index in [9.17, 15) is 24.3 Å². The molecule has 5 N–H and O–H groups in total. The number of rotatable bonds is 10. The Bertz CT molecular complexity index is 1610. The number of hydrogen-bond donors (Lipinski definition) is 3. The number of amides is 3. The molecule has 2 aliphatic heterocycles. The summed E-state index contributed by atoms with van der Waals surface area (Å²) in [5, 5.41) is 23.5. The van der Waals surface area contributed by atoms with Gasteiger partial charge in [0.1, 0.15) is 35.7 Å². The number of thiazole rings is 1. The van der Waals surface area contributed by atoms with Gasteiger partial charge in [0.15, 0.2) is 23.2 Å². The van der Waals surface area contributed by atoms with Crippen LogP contribution in [0.5, 0.6) is 0 Å². The molecule has 41 heavy (non-hydrogen) atoms. The number of pyridine rings is 1. The average Bonchev–Trinajstić information content (AvgIpc) is 3.58. The van der Waals surface area contributed by atoms with Gasteiger partial charge in [-0.25, -0.2) is 4.98 Å². The van der Waals surface area contributed by atoms with E-state index in [0.717, 1.165) is 16.2 Å². The number of β-lactam (4-membered cyclic amide) rings is 1. The van der Waals surface area contributed by atoms with Gasteiger partial charge in [-0.2, -0.15) is 4.57 Å². The number of nitrogens with zero attached hydrogens (tertiary/aromatic N) is 5. The highest BCUT2D eigenvalue weighted by Crippen LogP contribution is 2.41. The second kappa shape index (κ2) is 11.4. The fraction of sp³-hybridized carbons (Fsp3) is 0.250. The number of thioether (sulfide) groups is 1. The number of primary amides is 1. The largest absolute Gasteiger partial charge is 0.543 e. The first-order valence-electron chi connectivity index (χ1n) is 11.9. The van der Waals surface area contributed by atoms with Gasteiger partial charge >= 0.3 is 0 Å². The number of carbonyl (C=O) groups excluding carboxylic acids is 4. The molecule has 3 amide bonds. The maximum Gasteiger partial charge on any atom is 0.283 e. The molecule has 0 aliphatic carbocycles. The predicted molar refractivity (Wildman–Crippen MR) is 142 cm³/mol. The van der Waals surface area contributed by atoms with Crippen molar-refractivity contribution in [1.29, 1.82) is 0 Å². The molecule has 212 valence electrons. The second-order valence-corrected chi connectivity index (χ2v) is 10.9. The summed E-state index contributed by atoms with van der Waals surface area (Å²) < 4.78 is 7.04. The van der Waals surface area contributed by atoms with Gasteiger partial charge in [-0.15, -0.1) is 23.1 Å². The van der Waals surface area contributed by atoms with E-state index in [1.807, 2.05) is 0 Å². The van der Waals surface area contributed by atoms with Crippen LogP contribution >= 0.6 is 23.1 Å². The number of oxime groups is 1. The summed E-state index contributed by atoms with van der Waals surface area (Å²) in [6.07, 6.45) is 3.42. The van der Waals surface area contributed by atoms with Gasteiger partial charge in [0.05, 0.1) is 17.2 Å². The second-order valence-electron chi connectivity index (χ2n) is 8.88. The minimum absolute atomic E-state index is 0.00982. The van der Waals surface area contributed by atoms with Crippen molar-refractivity contribution in [3.63, 3.8) is 0 Å². The van der Waals surface area contributed by atoms with Gasteiger partial charge < -0.3 is 36.0 Å². The smallest absolute Gasteiger partial charge is 0.283 e. The molecule has 0 spiro atoms. The van der Waals surface area contributed by atoms with Crippen molar-refractivity contribution in [3.8, 4) is 11.3 Å². The lowest BCUT2D eigenvalue weighted by Crippen LogP contribution is -2.71. The molecule has 2 aliphatic rings. The minimum atomic E-state index is -1.53. The molecule has 3 aromatic heterocycles. The van der Waals surface area contributed by atoms with Gasteiger partial charge in [0.2, 0.25) is 6.54 Å². The topological polar surface area (TPSA) is 223 Å². The normalized spacial score (nSPS) is 18.5. The number of aromatic nitrogens is 3. The number of nitrogens with two attached hydrogens (primary N) is 2. The van der Waals surface area contributed by atoms with E-state index in [-0.39, 0.29) is 41.0 Å². The summed E-state index contributed by atoms with van der Waals surface area (Å²) in [5.74, 6) is -2.79. The van der Waals surface area contributed by atoms with E-state index >= 15 is 0 Å². The quantitative estimate of drug-likeness (QED) is 0.102. The van der Waals surface area contributed by atoms with Crippen LogP contribution in [0, 0.1) is 0 Å². The number of nitrogen functional groups attached to an aromatic ring is 1. The maximum atomic E-state index is 13.1. The Balaban J connectivity index is 1.32. The van der Waals surface area contributed by atoms with Crippen molar-refractivity contribution < 1.29 is 38.2 Å². The summed E-state index contributed by atoms with van der Waals surface area (Å²) >= 11 is 2.38. The molecular formula is C24H22N8O7S2. The van der Waals surface area contributed by atoms with Crippen molar-refractivity contribution >= 4 is 57.6 Å². The van der Waals surface area contributed by atoms with E-state index in [4.69, 9.17) is 20.8 Å². The first-order chi connectivity index (χ1) is 19.7. The van der Waals surface area contributed by atoms with Crippen LogP contribution in [0.3, 0.4) is 0 Å². The highest BCUT2D eigenvalue weighted by molar-refractivity contribution is 8.00. The Labute approximate surface area is 239 Å². The molecule has 17 heteroatoms. The minimum Gasteiger partial charge on any atom is -0.543 e. The number of nitrogens with one attached hydrogen (secondary N) is 1. The first kappa shape index (κ1) is 27.8. The third-order valence-electron chi connectivity index (χ3n) is 6.13. The van der Waals surface area contributed by atoms with E-state index < -0.39 is 35.1 Å². The molecule has 2 atom stereocenters. The standard InChI is InChI=1S/C24H22N8O7S2/c1-38-30-17(15-10-41-24(26)27-15)20(34)28-18-21(35)32-19(23(36)37)12(9-40-22(18)32)5-13-6-14(29-39-13)11-3-2-4-31(7-11)8-16(25)33/h2-4,6-7,10,18,22H,5,8-9H2,1H3,(H5-,25,26,27,28,33,34,36,37)/b30-17-. The van der Waals surface area contributed by atoms with Crippen LogP contribution in [0.2, 0.25) is 0 Å². The van der Waals surface area contributed by atoms with Crippen LogP contribution in [-0.2, 0) is 37.0 Å². The highest BCUT2D eigenvalue weighted by atomic mass is 32.2. The molecule has 0 bridgehead atoms. The number of carboxylic acid groups (broad SMARTS) is 1. The van der Waals surface area contributed by atoms with Crippen LogP contribution in [0.25, 0.3) is 11.3 Å². The third kappa shape index (κ3) is 5.62. The molecular weight excluding hydrogens is 576 g/mol. The van der Waals surface area contributed by atoms with Crippen molar-refractivity contribution in [1.82, 2.24) is 20.4 Å².